The van der Waals surface area contributed by atoms with Gasteiger partial charge in [-0.2, -0.15) is 18.3 Å². The van der Waals surface area contributed by atoms with Crippen LogP contribution in [0, 0.1) is 11.3 Å². The molecule has 6 bridgehead atoms. The standard InChI is InChI=1S/C50H63F3N11O8Si/c1-9-36(65)62-22-23-72-49(26-62)16-20-61(21-17-49)46(68)59(6)40(29(2)3)44(66)58-73-25-35-55-43(60(7)57-35)30-14-15-34-32(24-30)37-38(48(4,5)28-71-45(67)33-13-11-19-64(56-33)47(73)69)42(70-8)39-31(12-10-18-54-39)41(37)63(34)27-50(51,52)53/h9-10,12,14-15,18,24,29,33,38,40,42,56H,1,11,13,16-17,19-23,25-28H2,2-8H3,(H,58,66)/t33-,38?,40-,42-/m0/s1. The van der Waals surface area contributed by atoms with Crippen LogP contribution in [0.25, 0.3) is 33.5 Å². The average Bonchev–Trinajstić information content (AvgIpc) is 3.89. The Morgan fingerprint density at radius 2 is 1.86 bits per heavy atom. The zero-order valence-corrected chi connectivity index (χ0v) is 43.3. The third-order valence-electron chi connectivity index (χ3n) is 15.0. The van der Waals surface area contributed by atoms with E-state index in [4.69, 9.17) is 24.3 Å². The second-order valence-electron chi connectivity index (χ2n) is 20.8. The van der Waals surface area contributed by atoms with Crippen molar-refractivity contribution in [2.75, 3.05) is 60.1 Å². The highest BCUT2D eigenvalue weighted by molar-refractivity contribution is 6.88. The Kier molecular flexibility index (Phi) is 14.1. The number of halogens is 3. The van der Waals surface area contributed by atoms with Gasteiger partial charge in [-0.25, -0.2) is 19.9 Å². The van der Waals surface area contributed by atoms with Crippen LogP contribution >= 0.6 is 0 Å². The molecule has 73 heavy (non-hydrogen) atoms. The van der Waals surface area contributed by atoms with Gasteiger partial charge in [-0.05, 0) is 73.6 Å². The first-order chi connectivity index (χ1) is 34.6. The van der Waals surface area contributed by atoms with Crippen molar-refractivity contribution in [3.63, 3.8) is 0 Å². The van der Waals surface area contributed by atoms with Gasteiger partial charge in [0.25, 0.3) is 8.96 Å². The van der Waals surface area contributed by atoms with Gasteiger partial charge in [-0.15, -0.1) is 0 Å². The minimum absolute atomic E-state index is 0.104. The van der Waals surface area contributed by atoms with E-state index in [1.165, 1.54) is 32.3 Å². The number of cyclic esters (lactones) is 1. The quantitative estimate of drug-likeness (QED) is 0.139. The number of rotatable bonds is 7. The van der Waals surface area contributed by atoms with Gasteiger partial charge in [0.1, 0.15) is 24.7 Å². The number of hydrogen-bond acceptors (Lipinski definition) is 12. The van der Waals surface area contributed by atoms with Crippen molar-refractivity contribution in [1.29, 1.82) is 0 Å². The van der Waals surface area contributed by atoms with E-state index in [-0.39, 0.29) is 37.0 Å². The number of benzene rings is 1. The number of pyridine rings is 1. The minimum Gasteiger partial charge on any atom is -0.464 e. The van der Waals surface area contributed by atoms with E-state index in [2.05, 4.69) is 22.0 Å². The molecule has 9 rings (SSSR count). The number of urea groups is 1. The Morgan fingerprint density at radius 3 is 2.56 bits per heavy atom. The summed E-state index contributed by atoms with van der Waals surface area (Å²) < 4.78 is 65.3. The van der Waals surface area contributed by atoms with Crippen LogP contribution < -0.4 is 10.4 Å². The molecule has 4 atom stereocenters. The van der Waals surface area contributed by atoms with Crippen LogP contribution in [0.4, 0.5) is 22.8 Å². The Morgan fingerprint density at radius 1 is 1.11 bits per heavy atom. The fourth-order valence-electron chi connectivity index (χ4n) is 11.5. The van der Waals surface area contributed by atoms with Crippen LogP contribution in [0.15, 0.2) is 49.2 Å². The van der Waals surface area contributed by atoms with Crippen molar-refractivity contribution in [3.8, 4) is 22.6 Å². The summed E-state index contributed by atoms with van der Waals surface area (Å²) in [5.74, 6) is -1.84. The minimum atomic E-state index is -4.60. The van der Waals surface area contributed by atoms with Crippen LogP contribution in [0.3, 0.4) is 0 Å². The van der Waals surface area contributed by atoms with Gasteiger partial charge in [-0.1, -0.05) is 34.3 Å². The summed E-state index contributed by atoms with van der Waals surface area (Å²) in [5.41, 5.74) is 3.75. The number of carbonyl (C=O) groups excluding carboxylic acids is 5. The molecule has 1 spiro atoms. The van der Waals surface area contributed by atoms with E-state index in [9.17, 15) is 37.1 Å². The lowest BCUT2D eigenvalue weighted by molar-refractivity contribution is -0.154. The zero-order chi connectivity index (χ0) is 52.3. The summed E-state index contributed by atoms with van der Waals surface area (Å²) in [6.07, 6.45) is -0.747. The number of amides is 5. The molecule has 7 heterocycles. The topological polar surface area (TPSA) is 199 Å². The van der Waals surface area contributed by atoms with Crippen molar-refractivity contribution in [1.82, 2.24) is 54.4 Å². The van der Waals surface area contributed by atoms with E-state index >= 15 is 0 Å². The summed E-state index contributed by atoms with van der Waals surface area (Å²) in [4.78, 5) is 87.8. The number of likely N-dealkylation sites (tertiary alicyclic amines) is 1. The van der Waals surface area contributed by atoms with E-state index in [1.54, 1.807) is 60.4 Å². The number of likely N-dealkylation sites (N-methyl/N-ethyl adjacent to an activating group) is 1. The number of aromatic nitrogens is 5. The molecule has 4 aliphatic heterocycles. The maximum absolute atomic E-state index is 14.9. The SMILES string of the molecule is C=CC(=O)N1CCOC2(CCN(C(=O)N(C)[C@H](C(=O)N[Si]3Cc4nc(n(C)n4)-c4ccc5c(c4)c4c(n5CC(F)(F)F)-c5cccnc5[C@@H](OC)C4C(C)(C)COC(=O)[C@@H]4CCCN(N4)C3=O)C(C)C)CC2)C1. The van der Waals surface area contributed by atoms with Crippen LogP contribution in [0.2, 0.25) is 0 Å². The number of ether oxygens (including phenoxy) is 3. The van der Waals surface area contributed by atoms with Crippen molar-refractivity contribution in [2.45, 2.75) is 102 Å². The zero-order valence-electron chi connectivity index (χ0n) is 42.3. The van der Waals surface area contributed by atoms with Gasteiger partial charge < -0.3 is 38.5 Å². The predicted molar refractivity (Wildman–Crippen MR) is 262 cm³/mol. The molecular formula is C50H63F3N11O8Si. The molecule has 5 amide bonds. The third-order valence-corrected chi connectivity index (χ3v) is 17.1. The molecule has 391 valence electrons. The number of esters is 1. The molecule has 3 saturated heterocycles. The smallest absolute Gasteiger partial charge is 0.406 e. The van der Waals surface area contributed by atoms with E-state index < -0.39 is 80.1 Å². The van der Waals surface area contributed by atoms with Crippen LogP contribution in [-0.4, -0.2) is 166 Å². The molecule has 2 N–H and O–H groups in total. The normalized spacial score (nSPS) is 22.7. The molecule has 19 nitrogen and oxygen atoms in total. The molecular weight excluding hydrogens is 968 g/mol. The first-order valence-electron chi connectivity index (χ1n) is 24.7. The van der Waals surface area contributed by atoms with Gasteiger partial charge >= 0.3 is 18.2 Å². The molecule has 23 heteroatoms. The van der Waals surface area contributed by atoms with E-state index in [0.717, 1.165) is 0 Å². The lowest BCUT2D eigenvalue weighted by Crippen LogP contribution is -2.64. The summed E-state index contributed by atoms with van der Waals surface area (Å²) in [6.45, 7) is 11.7. The van der Waals surface area contributed by atoms with Gasteiger partial charge in [0.05, 0.1) is 36.7 Å². The fraction of sp³-hybridized carbons (Fsp3) is 0.560. The molecule has 1 aliphatic carbocycles. The molecule has 1 unspecified atom stereocenters. The molecule has 3 aromatic heterocycles. The van der Waals surface area contributed by atoms with Gasteiger partial charge in [0, 0.05) is 93.0 Å². The first kappa shape index (κ1) is 51.7. The highest BCUT2D eigenvalue weighted by atomic mass is 28.3. The Bertz CT molecular complexity index is 2830. The highest BCUT2D eigenvalue weighted by Gasteiger charge is 2.49. The van der Waals surface area contributed by atoms with Gasteiger partial charge in [-0.3, -0.25) is 29.2 Å². The molecule has 1 radical (unpaired) electrons. The van der Waals surface area contributed by atoms with E-state index in [1.807, 2.05) is 27.7 Å². The lowest BCUT2D eigenvalue weighted by Gasteiger charge is -2.47. The number of alkyl halides is 3. The number of methoxy groups -OCH3 is 1. The summed E-state index contributed by atoms with van der Waals surface area (Å²) in [5, 5.41) is 6.59. The number of piperidine rings is 1. The maximum atomic E-state index is 14.9. The van der Waals surface area contributed by atoms with Crippen LogP contribution in [0.5, 0.6) is 0 Å². The molecule has 3 fully saturated rings. The van der Waals surface area contributed by atoms with Crippen molar-refractivity contribution >= 4 is 49.2 Å². The van der Waals surface area contributed by atoms with E-state index in [0.29, 0.717) is 103 Å². The Labute approximate surface area is 423 Å². The largest absolute Gasteiger partial charge is 0.464 e. The second kappa shape index (κ2) is 19.9. The van der Waals surface area contributed by atoms with Crippen LogP contribution in [0.1, 0.15) is 82.5 Å². The number of hydrogen-bond donors (Lipinski definition) is 2. The van der Waals surface area contributed by atoms with Crippen LogP contribution in [-0.2, 0) is 48.2 Å². The maximum Gasteiger partial charge on any atom is 0.406 e. The molecule has 5 aliphatic rings. The number of carbonyl (C=O) groups is 5. The highest BCUT2D eigenvalue weighted by Crippen LogP contribution is 2.57. The van der Waals surface area contributed by atoms with Gasteiger partial charge in [0.15, 0.2) is 11.6 Å². The second-order valence-corrected chi connectivity index (χ2v) is 22.8. The number of nitrogens with one attached hydrogen (secondary N) is 2. The number of fused-ring (bicyclic) bond motifs is 8. The Hall–Kier alpha value is -6.17. The Balaban J connectivity index is 1.06. The van der Waals surface area contributed by atoms with Crippen molar-refractivity contribution in [3.05, 3.63) is 66.3 Å². The number of nitrogens with zero attached hydrogens (tertiary/aromatic N) is 9. The fourth-order valence-corrected chi connectivity index (χ4v) is 13.3. The lowest BCUT2D eigenvalue weighted by atomic mass is 9.67. The molecule has 4 aromatic rings. The summed E-state index contributed by atoms with van der Waals surface area (Å²) in [7, 11) is 2.05. The number of morpholine rings is 1. The predicted octanol–water partition coefficient (Wildman–Crippen LogP) is 5.24. The molecule has 1 aromatic carbocycles. The summed E-state index contributed by atoms with van der Waals surface area (Å²) >= 11 is 0. The average molecular weight is 1030 g/mol. The van der Waals surface area contributed by atoms with Crippen molar-refractivity contribution < 1.29 is 51.4 Å². The first-order valence-corrected chi connectivity index (χ1v) is 26.4. The van der Waals surface area contributed by atoms with Crippen molar-refractivity contribution in [2.24, 2.45) is 18.4 Å². The molecule has 0 saturated carbocycles. The summed E-state index contributed by atoms with van der Waals surface area (Å²) in [6, 6.07) is 6.11. The third kappa shape index (κ3) is 9.87. The number of hydrazine groups is 1. The van der Waals surface area contributed by atoms with Gasteiger partial charge in [0.2, 0.25) is 17.3 Å². The monoisotopic (exact) mass is 1030 g/mol. The number of aryl methyl sites for hydroxylation is 1.